The van der Waals surface area contributed by atoms with Gasteiger partial charge < -0.3 is 29.0 Å². The van der Waals surface area contributed by atoms with Gasteiger partial charge in [0.25, 0.3) is 0 Å². The zero-order valence-corrected chi connectivity index (χ0v) is 35.5. The second-order valence-corrected chi connectivity index (χ2v) is 15.8. The lowest BCUT2D eigenvalue weighted by Gasteiger charge is -2.34. The Morgan fingerprint density at radius 3 is 1.41 bits per heavy atom. The summed E-state index contributed by atoms with van der Waals surface area (Å²) in [6.45, 7) is 9.78. The first kappa shape index (κ1) is 51.8. The Balaban J connectivity index is 1.85. The molecule has 0 aromatic heterocycles. The molecule has 0 atom stereocenters. The van der Waals surface area contributed by atoms with Gasteiger partial charge in [-0.3, -0.25) is 28.9 Å². The lowest BCUT2D eigenvalue weighted by atomic mass is 10.0. The number of ether oxygens (including phenoxy) is 4. The number of hydrogen-bond donors (Lipinski definition) is 1. The van der Waals surface area contributed by atoms with Crippen molar-refractivity contribution in [1.29, 1.82) is 0 Å². The van der Waals surface area contributed by atoms with Gasteiger partial charge in [-0.25, -0.2) is 0 Å². The minimum Gasteiger partial charge on any atom is -0.481 e. The van der Waals surface area contributed by atoms with Gasteiger partial charge in [0.2, 0.25) is 5.91 Å². The summed E-state index contributed by atoms with van der Waals surface area (Å²) in [7, 11) is 0. The van der Waals surface area contributed by atoms with Crippen molar-refractivity contribution >= 4 is 29.2 Å². The topological polar surface area (TPSA) is 149 Å². The molecule has 0 aromatic carbocycles. The number of piperazine rings is 1. The molecule has 12 heteroatoms. The molecule has 12 nitrogen and oxygen atoms in total. The fourth-order valence-corrected chi connectivity index (χ4v) is 6.60. The maximum Gasteiger partial charge on any atom is 0.303 e. The fraction of sp³-hybridized carbons (Fsp3) is 0.886. The molecular weight excluding hydrogens is 716 g/mol. The predicted octanol–water partition coefficient (Wildman–Crippen LogP) is 7.62. The van der Waals surface area contributed by atoms with Gasteiger partial charge in [-0.2, -0.15) is 0 Å². The normalized spacial score (nSPS) is 13.4. The third-order valence-electron chi connectivity index (χ3n) is 10.3. The lowest BCUT2D eigenvalue weighted by molar-refractivity contribution is -0.137. The summed E-state index contributed by atoms with van der Waals surface area (Å²) in [5.41, 5.74) is 0. The van der Waals surface area contributed by atoms with E-state index in [1.807, 2.05) is 18.7 Å². The third-order valence-corrected chi connectivity index (χ3v) is 10.3. The van der Waals surface area contributed by atoms with Crippen LogP contribution in [-0.4, -0.2) is 130 Å². The van der Waals surface area contributed by atoms with Gasteiger partial charge in [0.15, 0.2) is 11.6 Å². The number of unbranched alkanes of at least 4 members (excludes halogenated alkanes) is 16. The van der Waals surface area contributed by atoms with Crippen molar-refractivity contribution in [2.45, 2.75) is 162 Å². The molecule has 1 fully saturated rings. The zero-order chi connectivity index (χ0) is 40.9. The number of carboxylic acids is 1. The molecule has 0 bridgehead atoms. The van der Waals surface area contributed by atoms with Crippen molar-refractivity contribution in [3.05, 3.63) is 0 Å². The monoisotopic (exact) mass is 797 g/mol. The SMILES string of the molecule is CC(C)C(=O)COCCOCCCC(=O)COCCOCCCCC(=O)CN1CCN(C(=O)CCCCCCCCCCCCCCCCCCC(=O)O)CC1. The van der Waals surface area contributed by atoms with Crippen LogP contribution < -0.4 is 0 Å². The van der Waals surface area contributed by atoms with Crippen LogP contribution in [0.1, 0.15) is 162 Å². The minimum atomic E-state index is -0.681. The van der Waals surface area contributed by atoms with E-state index in [2.05, 4.69) is 4.90 Å². The molecule has 1 saturated heterocycles. The summed E-state index contributed by atoms with van der Waals surface area (Å²) in [6.07, 6.45) is 23.4. The van der Waals surface area contributed by atoms with Crippen molar-refractivity contribution in [3.8, 4) is 0 Å². The molecule has 56 heavy (non-hydrogen) atoms. The molecular formula is C44H80N2O10. The second kappa shape index (κ2) is 37.0. The van der Waals surface area contributed by atoms with E-state index in [1.165, 1.54) is 77.0 Å². The van der Waals surface area contributed by atoms with Gasteiger partial charge in [-0.15, -0.1) is 0 Å². The van der Waals surface area contributed by atoms with Gasteiger partial charge in [-0.1, -0.05) is 104 Å². The highest BCUT2D eigenvalue weighted by Crippen LogP contribution is 2.15. The number of Topliss-reactive ketones (excluding diaryl/α,β-unsaturated/α-hetero) is 3. The Kier molecular flexibility index (Phi) is 34.2. The molecule has 1 rings (SSSR count). The molecule has 1 aliphatic heterocycles. The van der Waals surface area contributed by atoms with E-state index < -0.39 is 5.97 Å². The lowest BCUT2D eigenvalue weighted by Crippen LogP contribution is -2.49. The number of carbonyl (C=O) groups excluding carboxylic acids is 4. The molecule has 1 N–H and O–H groups in total. The van der Waals surface area contributed by atoms with E-state index in [-0.39, 0.29) is 42.4 Å². The maximum absolute atomic E-state index is 12.7. The van der Waals surface area contributed by atoms with Gasteiger partial charge >= 0.3 is 5.97 Å². The first-order chi connectivity index (χ1) is 27.2. The number of hydrogen-bond acceptors (Lipinski definition) is 10. The van der Waals surface area contributed by atoms with E-state index in [0.717, 1.165) is 51.6 Å². The van der Waals surface area contributed by atoms with Crippen molar-refractivity contribution in [2.75, 3.05) is 85.6 Å². The maximum atomic E-state index is 12.7. The largest absolute Gasteiger partial charge is 0.481 e. The Labute approximate surface area is 339 Å². The van der Waals surface area contributed by atoms with Crippen LogP contribution in [0.15, 0.2) is 0 Å². The summed E-state index contributed by atoms with van der Waals surface area (Å²) in [6, 6.07) is 0. The van der Waals surface area contributed by atoms with Crippen molar-refractivity contribution in [3.63, 3.8) is 0 Å². The van der Waals surface area contributed by atoms with Crippen LogP contribution in [0.2, 0.25) is 0 Å². The highest BCUT2D eigenvalue weighted by molar-refractivity contribution is 5.81. The quantitative estimate of drug-likeness (QED) is 0.0610. The second-order valence-electron chi connectivity index (χ2n) is 15.8. The van der Waals surface area contributed by atoms with E-state index in [9.17, 15) is 24.0 Å². The highest BCUT2D eigenvalue weighted by atomic mass is 16.5. The van der Waals surface area contributed by atoms with Crippen molar-refractivity contribution in [2.24, 2.45) is 5.92 Å². The van der Waals surface area contributed by atoms with Crippen LogP contribution in [0.3, 0.4) is 0 Å². The summed E-state index contributed by atoms with van der Waals surface area (Å²) in [4.78, 5) is 63.3. The number of aliphatic carboxylic acids is 1. The number of ketones is 3. The van der Waals surface area contributed by atoms with Gasteiger partial charge in [0, 0.05) is 71.0 Å². The Morgan fingerprint density at radius 1 is 0.464 bits per heavy atom. The zero-order valence-electron chi connectivity index (χ0n) is 35.5. The van der Waals surface area contributed by atoms with E-state index >= 15 is 0 Å². The molecule has 0 radical (unpaired) electrons. The Bertz CT molecular complexity index is 1020. The molecule has 1 aliphatic rings. The molecule has 0 saturated carbocycles. The molecule has 0 aromatic rings. The van der Waals surface area contributed by atoms with Crippen molar-refractivity contribution < 1.29 is 48.0 Å². The molecule has 0 unspecified atom stereocenters. The summed E-state index contributed by atoms with van der Waals surface area (Å²) in [5, 5.41) is 8.66. The Morgan fingerprint density at radius 2 is 0.893 bits per heavy atom. The summed E-state index contributed by atoms with van der Waals surface area (Å²) >= 11 is 0. The van der Waals surface area contributed by atoms with E-state index in [4.69, 9.17) is 24.1 Å². The summed E-state index contributed by atoms with van der Waals surface area (Å²) < 4.78 is 21.7. The highest BCUT2D eigenvalue weighted by Gasteiger charge is 2.22. The number of carboxylic acid groups (broad SMARTS) is 1. The summed E-state index contributed by atoms with van der Waals surface area (Å²) in [5.74, 6) is -0.122. The fourth-order valence-electron chi connectivity index (χ4n) is 6.60. The van der Waals surface area contributed by atoms with Crippen LogP contribution in [0.5, 0.6) is 0 Å². The van der Waals surface area contributed by atoms with Crippen LogP contribution in [0.25, 0.3) is 0 Å². The average Bonchev–Trinajstić information content (AvgIpc) is 3.17. The third kappa shape index (κ3) is 32.8. The minimum absolute atomic E-state index is 0.0253. The van der Waals surface area contributed by atoms with Crippen LogP contribution in [0, 0.1) is 5.92 Å². The standard InChI is InChI=1S/C44H80N2O10/c1-39(2)42(49)38-56-35-33-54-31-21-23-41(48)37-55-34-32-53-30-20-19-22-40(47)36-45-26-28-46(29-27-45)43(50)24-17-15-13-11-9-7-5-3-4-6-8-10-12-14-16-18-25-44(51)52/h39H,3-38H2,1-2H3,(H,51,52). The van der Waals surface area contributed by atoms with Gasteiger partial charge in [-0.05, 0) is 32.1 Å². The molecule has 0 aliphatic carbocycles. The number of nitrogens with zero attached hydrogens (tertiary/aromatic N) is 2. The smallest absolute Gasteiger partial charge is 0.303 e. The average molecular weight is 797 g/mol. The van der Waals surface area contributed by atoms with Crippen LogP contribution >= 0.6 is 0 Å². The molecule has 1 heterocycles. The molecule has 0 spiro atoms. The van der Waals surface area contributed by atoms with E-state index in [0.29, 0.717) is 91.4 Å². The number of amides is 1. The van der Waals surface area contributed by atoms with Crippen LogP contribution in [0.4, 0.5) is 0 Å². The van der Waals surface area contributed by atoms with Crippen molar-refractivity contribution in [1.82, 2.24) is 9.80 Å². The van der Waals surface area contributed by atoms with Gasteiger partial charge in [0.05, 0.1) is 33.0 Å². The Hall–Kier alpha value is -2.25. The van der Waals surface area contributed by atoms with Crippen LogP contribution in [-0.2, 0) is 42.9 Å². The first-order valence-electron chi connectivity index (χ1n) is 22.3. The number of carbonyl (C=O) groups is 5. The van der Waals surface area contributed by atoms with Gasteiger partial charge in [0.1, 0.15) is 19.0 Å². The first-order valence-corrected chi connectivity index (χ1v) is 22.3. The molecule has 326 valence electrons. The van der Waals surface area contributed by atoms with E-state index in [1.54, 1.807) is 0 Å². The predicted molar refractivity (Wildman–Crippen MR) is 220 cm³/mol. The number of rotatable bonds is 41. The molecule has 1 amide bonds.